The molecule has 0 heterocycles. The molecule has 0 aliphatic rings. The maximum absolute atomic E-state index is 12.8. The number of benzene rings is 3. The van der Waals surface area contributed by atoms with Gasteiger partial charge in [-0.05, 0) is 53.4 Å². The molecular formula is C25H24N2O4. The van der Waals surface area contributed by atoms with E-state index < -0.39 is 11.9 Å². The quantitative estimate of drug-likeness (QED) is 0.534. The molecule has 158 valence electrons. The highest BCUT2D eigenvalue weighted by atomic mass is 16.4. The van der Waals surface area contributed by atoms with Crippen LogP contribution in [0.15, 0.2) is 72.8 Å². The number of nitrogens with one attached hydrogen (secondary N) is 2. The van der Waals surface area contributed by atoms with Crippen LogP contribution in [-0.2, 0) is 5.41 Å². The zero-order valence-corrected chi connectivity index (χ0v) is 17.6. The highest BCUT2D eigenvalue weighted by Gasteiger charge is 2.17. The molecule has 0 spiro atoms. The van der Waals surface area contributed by atoms with Gasteiger partial charge in [0.15, 0.2) is 0 Å². The number of anilines is 2. The number of carboxylic acids is 1. The summed E-state index contributed by atoms with van der Waals surface area (Å²) in [5, 5.41) is 14.6. The largest absolute Gasteiger partial charge is 0.478 e. The van der Waals surface area contributed by atoms with Gasteiger partial charge >= 0.3 is 5.97 Å². The van der Waals surface area contributed by atoms with Crippen molar-refractivity contribution in [2.24, 2.45) is 0 Å². The predicted octanol–water partition coefficient (Wildman–Crippen LogP) is 5.19. The molecule has 3 rings (SSSR count). The number of para-hydroxylation sites is 1. The molecule has 6 heteroatoms. The fraction of sp³-hybridized carbons (Fsp3) is 0.160. The highest BCUT2D eigenvalue weighted by Crippen LogP contribution is 2.23. The maximum Gasteiger partial charge on any atom is 0.335 e. The smallest absolute Gasteiger partial charge is 0.335 e. The highest BCUT2D eigenvalue weighted by molar-refractivity contribution is 6.12. The van der Waals surface area contributed by atoms with Crippen LogP contribution in [0, 0.1) is 0 Å². The van der Waals surface area contributed by atoms with Gasteiger partial charge in [-0.1, -0.05) is 51.1 Å². The van der Waals surface area contributed by atoms with Crippen molar-refractivity contribution in [1.29, 1.82) is 0 Å². The second-order valence-electron chi connectivity index (χ2n) is 8.17. The van der Waals surface area contributed by atoms with Crippen LogP contribution in [0.3, 0.4) is 0 Å². The summed E-state index contributed by atoms with van der Waals surface area (Å²) in [6, 6.07) is 20.0. The molecule has 0 aromatic heterocycles. The normalized spacial score (nSPS) is 10.9. The zero-order valence-electron chi connectivity index (χ0n) is 17.6. The minimum absolute atomic E-state index is 0.0162. The van der Waals surface area contributed by atoms with E-state index in [9.17, 15) is 14.4 Å². The summed E-state index contributed by atoms with van der Waals surface area (Å²) in [5.74, 6) is -1.86. The molecule has 0 atom stereocenters. The number of carbonyl (C=O) groups excluding carboxylic acids is 2. The van der Waals surface area contributed by atoms with Gasteiger partial charge in [0.05, 0.1) is 16.8 Å². The van der Waals surface area contributed by atoms with Gasteiger partial charge in [0.2, 0.25) is 0 Å². The van der Waals surface area contributed by atoms with Crippen molar-refractivity contribution in [1.82, 2.24) is 0 Å². The van der Waals surface area contributed by atoms with Crippen LogP contribution in [-0.4, -0.2) is 22.9 Å². The lowest BCUT2D eigenvalue weighted by Gasteiger charge is -2.19. The topological polar surface area (TPSA) is 95.5 Å². The number of amides is 2. The Morgan fingerprint density at radius 2 is 1.42 bits per heavy atom. The summed E-state index contributed by atoms with van der Waals surface area (Å²) >= 11 is 0. The Bertz CT molecular complexity index is 1130. The van der Waals surface area contributed by atoms with Gasteiger partial charge in [0.25, 0.3) is 11.8 Å². The maximum atomic E-state index is 12.8. The molecule has 0 bridgehead atoms. The molecule has 0 aliphatic carbocycles. The number of aromatic carboxylic acids is 1. The minimum atomic E-state index is -1.08. The van der Waals surface area contributed by atoms with Crippen LogP contribution >= 0.6 is 0 Å². The first-order valence-electron chi connectivity index (χ1n) is 9.81. The van der Waals surface area contributed by atoms with Crippen molar-refractivity contribution in [3.05, 3.63) is 95.1 Å². The van der Waals surface area contributed by atoms with E-state index in [4.69, 9.17) is 5.11 Å². The van der Waals surface area contributed by atoms with Crippen molar-refractivity contribution in [3.63, 3.8) is 0 Å². The van der Waals surface area contributed by atoms with Crippen molar-refractivity contribution >= 4 is 29.2 Å². The van der Waals surface area contributed by atoms with E-state index in [2.05, 4.69) is 31.4 Å². The van der Waals surface area contributed by atoms with Crippen LogP contribution in [0.25, 0.3) is 0 Å². The van der Waals surface area contributed by atoms with E-state index in [-0.39, 0.29) is 22.4 Å². The monoisotopic (exact) mass is 416 g/mol. The molecular weight excluding hydrogens is 392 g/mol. The molecule has 2 amide bonds. The summed E-state index contributed by atoms with van der Waals surface area (Å²) in [6.45, 7) is 6.30. The van der Waals surface area contributed by atoms with Gasteiger partial charge in [0, 0.05) is 11.3 Å². The molecule has 0 aliphatic heterocycles. The summed E-state index contributed by atoms with van der Waals surface area (Å²) in [4.78, 5) is 36.6. The first-order chi connectivity index (χ1) is 14.6. The number of carboxylic acid groups (broad SMARTS) is 1. The summed E-state index contributed by atoms with van der Waals surface area (Å²) in [7, 11) is 0. The fourth-order valence-corrected chi connectivity index (χ4v) is 3.03. The van der Waals surface area contributed by atoms with Crippen LogP contribution in [0.2, 0.25) is 0 Å². The Labute approximate surface area is 180 Å². The number of hydrogen-bond donors (Lipinski definition) is 3. The number of hydrogen-bond acceptors (Lipinski definition) is 3. The Balaban J connectivity index is 1.78. The van der Waals surface area contributed by atoms with Gasteiger partial charge in [-0.3, -0.25) is 9.59 Å². The summed E-state index contributed by atoms with van der Waals surface area (Å²) < 4.78 is 0. The van der Waals surface area contributed by atoms with Crippen molar-refractivity contribution < 1.29 is 19.5 Å². The van der Waals surface area contributed by atoms with Gasteiger partial charge in [-0.2, -0.15) is 0 Å². The number of rotatable bonds is 5. The van der Waals surface area contributed by atoms with Crippen molar-refractivity contribution in [2.45, 2.75) is 26.2 Å². The van der Waals surface area contributed by atoms with Crippen molar-refractivity contribution in [3.8, 4) is 0 Å². The van der Waals surface area contributed by atoms with Crippen LogP contribution in [0.4, 0.5) is 11.4 Å². The molecule has 3 aromatic rings. The lowest BCUT2D eigenvalue weighted by molar-refractivity contribution is 0.0696. The van der Waals surface area contributed by atoms with Gasteiger partial charge in [-0.15, -0.1) is 0 Å². The molecule has 31 heavy (non-hydrogen) atoms. The first kappa shape index (κ1) is 21.8. The lowest BCUT2D eigenvalue weighted by Crippen LogP contribution is -2.18. The third-order valence-electron chi connectivity index (χ3n) is 4.80. The molecule has 0 fully saturated rings. The zero-order chi connectivity index (χ0) is 22.6. The fourth-order valence-electron chi connectivity index (χ4n) is 3.03. The van der Waals surface area contributed by atoms with Gasteiger partial charge in [-0.25, -0.2) is 4.79 Å². The molecule has 3 N–H and O–H groups in total. The third kappa shape index (κ3) is 5.36. The molecule has 3 aromatic carbocycles. The number of carbonyl (C=O) groups is 3. The average molecular weight is 416 g/mol. The Morgan fingerprint density at radius 3 is 2.06 bits per heavy atom. The Hall–Kier alpha value is -3.93. The van der Waals surface area contributed by atoms with E-state index in [1.807, 2.05) is 12.1 Å². The standard InChI is InChI=1S/C25H24N2O4/c1-25(2,3)18-13-11-16(12-14-18)22(28)27-21-10-5-4-9-20(21)23(29)26-19-8-6-7-17(15-19)24(30)31/h4-15H,1-3H3,(H,26,29)(H,27,28)(H,30,31). The first-order valence-corrected chi connectivity index (χ1v) is 9.81. The lowest BCUT2D eigenvalue weighted by atomic mass is 9.86. The summed E-state index contributed by atoms with van der Waals surface area (Å²) in [5.41, 5.74) is 2.63. The Kier molecular flexibility index (Phi) is 6.20. The average Bonchev–Trinajstić information content (AvgIpc) is 2.73. The van der Waals surface area contributed by atoms with Crippen LogP contribution < -0.4 is 10.6 Å². The van der Waals surface area contributed by atoms with E-state index in [0.717, 1.165) is 5.56 Å². The molecule has 6 nitrogen and oxygen atoms in total. The van der Waals surface area contributed by atoms with E-state index >= 15 is 0 Å². The van der Waals surface area contributed by atoms with E-state index in [0.29, 0.717) is 16.9 Å². The molecule has 0 radical (unpaired) electrons. The van der Waals surface area contributed by atoms with Crippen LogP contribution in [0.5, 0.6) is 0 Å². The minimum Gasteiger partial charge on any atom is -0.478 e. The molecule has 0 saturated heterocycles. The second kappa shape index (κ2) is 8.83. The molecule has 0 saturated carbocycles. The van der Waals surface area contributed by atoms with Gasteiger partial charge in [0.1, 0.15) is 0 Å². The Morgan fingerprint density at radius 1 is 0.742 bits per heavy atom. The van der Waals surface area contributed by atoms with Gasteiger partial charge < -0.3 is 15.7 Å². The van der Waals surface area contributed by atoms with E-state index in [1.165, 1.54) is 12.1 Å². The predicted molar refractivity (Wildman–Crippen MR) is 121 cm³/mol. The van der Waals surface area contributed by atoms with E-state index in [1.54, 1.807) is 48.5 Å². The second-order valence-corrected chi connectivity index (χ2v) is 8.17. The SMILES string of the molecule is CC(C)(C)c1ccc(C(=O)Nc2ccccc2C(=O)Nc2cccc(C(=O)O)c2)cc1. The molecule has 0 unspecified atom stereocenters. The van der Waals surface area contributed by atoms with Crippen LogP contribution in [0.1, 0.15) is 57.4 Å². The van der Waals surface area contributed by atoms with Crippen molar-refractivity contribution in [2.75, 3.05) is 10.6 Å². The third-order valence-corrected chi connectivity index (χ3v) is 4.80. The summed E-state index contributed by atoms with van der Waals surface area (Å²) in [6.07, 6.45) is 0.